The van der Waals surface area contributed by atoms with Crippen LogP contribution in [-0.4, -0.2) is 47.6 Å². The van der Waals surface area contributed by atoms with Gasteiger partial charge in [0.15, 0.2) is 12.8 Å². The van der Waals surface area contributed by atoms with Gasteiger partial charge in [-0.25, -0.2) is 13.8 Å². The standard InChI is InChI=1S/C27H30F4N2O3/c1-16(28)27(30,31)15-36-25-22(18-6-7-18)11-20(13-32-25)35-14-19-10-24(29)23(12-21(19)17-4-5-17)26(34)33-8-2-3-9-33/h10-13,16-18H,2-9,14-15H2,1H3. The Morgan fingerprint density at radius 1 is 1.08 bits per heavy atom. The molecule has 1 unspecified atom stereocenters. The van der Waals surface area contributed by atoms with Gasteiger partial charge in [-0.3, -0.25) is 4.79 Å². The topological polar surface area (TPSA) is 51.7 Å². The fourth-order valence-corrected chi connectivity index (χ4v) is 4.56. The monoisotopic (exact) mass is 506 g/mol. The van der Waals surface area contributed by atoms with Crippen molar-refractivity contribution >= 4 is 5.91 Å². The SMILES string of the molecule is CC(F)C(F)(F)COc1ncc(OCc2cc(F)c(C(=O)N3CCCC3)cc2C2CC2)cc1C1CC1. The molecule has 1 aromatic carbocycles. The van der Waals surface area contributed by atoms with E-state index in [9.17, 15) is 22.4 Å². The van der Waals surface area contributed by atoms with E-state index in [-0.39, 0.29) is 35.8 Å². The summed E-state index contributed by atoms with van der Waals surface area (Å²) < 4.78 is 66.6. The molecule has 2 aliphatic carbocycles. The Kier molecular flexibility index (Phi) is 6.83. The number of ether oxygens (including phenoxy) is 2. The second kappa shape index (κ2) is 9.90. The van der Waals surface area contributed by atoms with Crippen molar-refractivity contribution in [1.82, 2.24) is 9.88 Å². The van der Waals surface area contributed by atoms with Crippen LogP contribution < -0.4 is 9.47 Å². The van der Waals surface area contributed by atoms with E-state index in [2.05, 4.69) is 4.98 Å². The minimum atomic E-state index is -3.61. The van der Waals surface area contributed by atoms with E-state index in [1.54, 1.807) is 17.0 Å². The number of nitrogens with zero attached hydrogens (tertiary/aromatic N) is 2. The smallest absolute Gasteiger partial charge is 0.311 e. The molecule has 2 saturated carbocycles. The van der Waals surface area contributed by atoms with Crippen LogP contribution in [0.1, 0.15) is 84.3 Å². The molecule has 2 heterocycles. The van der Waals surface area contributed by atoms with Crippen molar-refractivity contribution < 1.29 is 31.8 Å². The van der Waals surface area contributed by atoms with Crippen LogP contribution in [0.15, 0.2) is 24.4 Å². The third-order valence-corrected chi connectivity index (χ3v) is 7.12. The first-order valence-electron chi connectivity index (χ1n) is 12.6. The van der Waals surface area contributed by atoms with Gasteiger partial charge >= 0.3 is 5.92 Å². The number of rotatable bonds is 10. The summed E-state index contributed by atoms with van der Waals surface area (Å²) in [7, 11) is 0. The number of halogens is 4. The van der Waals surface area contributed by atoms with Gasteiger partial charge in [0.1, 0.15) is 18.2 Å². The summed E-state index contributed by atoms with van der Waals surface area (Å²) in [4.78, 5) is 18.7. The molecule has 0 radical (unpaired) electrons. The Labute approximate surface area is 207 Å². The van der Waals surface area contributed by atoms with Crippen molar-refractivity contribution in [3.8, 4) is 11.6 Å². The molecule has 5 rings (SSSR count). The normalized spacial score (nSPS) is 18.9. The molecule has 1 amide bonds. The minimum Gasteiger partial charge on any atom is -0.487 e. The summed E-state index contributed by atoms with van der Waals surface area (Å²) in [5, 5.41) is 0. The Hall–Kier alpha value is -2.84. The molecule has 194 valence electrons. The van der Waals surface area contributed by atoms with E-state index < -0.39 is 24.5 Å². The number of hydrogen-bond acceptors (Lipinski definition) is 4. The second-order valence-corrected chi connectivity index (χ2v) is 10.1. The maximum absolute atomic E-state index is 15.0. The molecule has 1 atom stereocenters. The molecular weight excluding hydrogens is 476 g/mol. The number of benzene rings is 1. The molecule has 9 heteroatoms. The first-order valence-corrected chi connectivity index (χ1v) is 12.6. The Bertz CT molecular complexity index is 1130. The fourth-order valence-electron chi connectivity index (χ4n) is 4.56. The summed E-state index contributed by atoms with van der Waals surface area (Å²) in [6, 6.07) is 4.78. The minimum absolute atomic E-state index is 0.0552. The lowest BCUT2D eigenvalue weighted by atomic mass is 9.99. The van der Waals surface area contributed by atoms with Gasteiger partial charge in [0, 0.05) is 18.7 Å². The molecule has 5 nitrogen and oxygen atoms in total. The predicted molar refractivity (Wildman–Crippen MR) is 125 cm³/mol. The first-order chi connectivity index (χ1) is 17.2. The van der Waals surface area contributed by atoms with E-state index in [1.807, 2.05) is 0 Å². The second-order valence-electron chi connectivity index (χ2n) is 10.1. The van der Waals surface area contributed by atoms with Crippen LogP contribution in [0, 0.1) is 5.82 Å². The molecule has 3 fully saturated rings. The molecule has 1 aliphatic heterocycles. The van der Waals surface area contributed by atoms with Gasteiger partial charge in [0.05, 0.1) is 11.8 Å². The lowest BCUT2D eigenvalue weighted by Gasteiger charge is -2.19. The van der Waals surface area contributed by atoms with Gasteiger partial charge < -0.3 is 14.4 Å². The highest BCUT2D eigenvalue weighted by Crippen LogP contribution is 2.45. The number of pyridine rings is 1. The maximum atomic E-state index is 15.0. The number of carbonyl (C=O) groups is 1. The average Bonchev–Trinajstić information content (AvgIpc) is 3.80. The Morgan fingerprint density at radius 3 is 2.39 bits per heavy atom. The molecule has 0 spiro atoms. The van der Waals surface area contributed by atoms with Crippen LogP contribution in [0.5, 0.6) is 11.6 Å². The zero-order valence-corrected chi connectivity index (χ0v) is 20.2. The quantitative estimate of drug-likeness (QED) is 0.362. The van der Waals surface area contributed by atoms with Crippen molar-refractivity contribution in [3.05, 3.63) is 52.5 Å². The van der Waals surface area contributed by atoms with E-state index in [0.29, 0.717) is 30.0 Å². The van der Waals surface area contributed by atoms with Crippen LogP contribution in [0.3, 0.4) is 0 Å². The zero-order chi connectivity index (χ0) is 25.4. The van der Waals surface area contributed by atoms with Crippen LogP contribution in [0.2, 0.25) is 0 Å². The number of hydrogen-bond donors (Lipinski definition) is 0. The van der Waals surface area contributed by atoms with Gasteiger partial charge in [-0.2, -0.15) is 8.78 Å². The van der Waals surface area contributed by atoms with Crippen LogP contribution in [-0.2, 0) is 6.61 Å². The van der Waals surface area contributed by atoms with Crippen LogP contribution >= 0.6 is 0 Å². The Balaban J connectivity index is 1.31. The van der Waals surface area contributed by atoms with Gasteiger partial charge in [-0.15, -0.1) is 0 Å². The molecule has 0 bridgehead atoms. The highest BCUT2D eigenvalue weighted by atomic mass is 19.3. The van der Waals surface area contributed by atoms with Crippen LogP contribution in [0.4, 0.5) is 17.6 Å². The molecular formula is C27H30F4N2O3. The number of likely N-dealkylation sites (tertiary alicyclic amines) is 1. The van der Waals surface area contributed by atoms with Crippen molar-refractivity contribution in [2.24, 2.45) is 0 Å². The molecule has 36 heavy (non-hydrogen) atoms. The van der Waals surface area contributed by atoms with E-state index in [0.717, 1.165) is 51.0 Å². The van der Waals surface area contributed by atoms with Crippen LogP contribution in [0.25, 0.3) is 0 Å². The van der Waals surface area contributed by atoms with Gasteiger partial charge in [-0.05, 0) is 86.6 Å². The molecule has 0 N–H and O–H groups in total. The molecule has 3 aliphatic rings. The molecule has 1 aromatic heterocycles. The highest BCUT2D eigenvalue weighted by Gasteiger charge is 2.39. The largest absolute Gasteiger partial charge is 0.487 e. The summed E-state index contributed by atoms with van der Waals surface area (Å²) in [6.07, 6.45) is 4.63. The molecule has 2 aromatic rings. The van der Waals surface area contributed by atoms with Crippen molar-refractivity contribution in [3.63, 3.8) is 0 Å². The van der Waals surface area contributed by atoms with Crippen molar-refractivity contribution in [2.75, 3.05) is 19.7 Å². The van der Waals surface area contributed by atoms with E-state index >= 15 is 0 Å². The number of carbonyl (C=O) groups excluding carboxylic acids is 1. The summed E-state index contributed by atoms with van der Waals surface area (Å²) in [5.74, 6) is -3.55. The van der Waals surface area contributed by atoms with Gasteiger partial charge in [0.2, 0.25) is 5.88 Å². The number of amides is 1. The van der Waals surface area contributed by atoms with E-state index in [1.165, 1.54) is 12.3 Å². The lowest BCUT2D eigenvalue weighted by molar-refractivity contribution is -0.0950. The van der Waals surface area contributed by atoms with E-state index in [4.69, 9.17) is 9.47 Å². The third-order valence-electron chi connectivity index (χ3n) is 7.12. The number of aromatic nitrogens is 1. The van der Waals surface area contributed by atoms with Crippen molar-refractivity contribution in [2.45, 2.75) is 76.0 Å². The summed E-state index contributed by atoms with van der Waals surface area (Å²) in [6.45, 7) is 1.10. The van der Waals surface area contributed by atoms with Gasteiger partial charge in [-0.1, -0.05) is 0 Å². The number of alkyl halides is 3. The Morgan fingerprint density at radius 2 is 1.75 bits per heavy atom. The summed E-state index contributed by atoms with van der Waals surface area (Å²) in [5.41, 5.74) is 2.37. The highest BCUT2D eigenvalue weighted by molar-refractivity contribution is 5.95. The van der Waals surface area contributed by atoms with Gasteiger partial charge in [0.25, 0.3) is 5.91 Å². The summed E-state index contributed by atoms with van der Waals surface area (Å²) >= 11 is 0. The van der Waals surface area contributed by atoms with Crippen molar-refractivity contribution in [1.29, 1.82) is 0 Å². The zero-order valence-electron chi connectivity index (χ0n) is 20.2. The predicted octanol–water partition coefficient (Wildman–Crippen LogP) is 6.16. The lowest BCUT2D eigenvalue weighted by Crippen LogP contribution is -2.34. The first kappa shape index (κ1) is 24.8. The average molecular weight is 507 g/mol. The fraction of sp³-hybridized carbons (Fsp3) is 0.556. The molecule has 1 saturated heterocycles. The third kappa shape index (κ3) is 5.44. The maximum Gasteiger partial charge on any atom is 0.311 e.